The monoisotopic (exact) mass is 542 g/mol. The van der Waals surface area contributed by atoms with E-state index in [1.807, 2.05) is 50.4 Å². The van der Waals surface area contributed by atoms with E-state index in [2.05, 4.69) is 10.6 Å². The second kappa shape index (κ2) is 12.9. The molecule has 0 bridgehead atoms. The number of likely N-dealkylation sites (tertiary alicyclic amines) is 1. The molecular formula is C28H38N4O3S2. The Bertz CT molecular complexity index is 1080. The molecule has 2 aromatic rings. The van der Waals surface area contributed by atoms with Crippen LogP contribution in [0.3, 0.4) is 0 Å². The summed E-state index contributed by atoms with van der Waals surface area (Å²) < 4.78 is 0.874. The Hall–Kier alpha value is -2.39. The van der Waals surface area contributed by atoms with E-state index < -0.39 is 12.1 Å². The van der Waals surface area contributed by atoms with Crippen molar-refractivity contribution in [2.24, 2.45) is 11.8 Å². The Morgan fingerprint density at radius 1 is 1.11 bits per heavy atom. The molecule has 2 N–H and O–H groups in total. The Morgan fingerprint density at radius 3 is 2.51 bits per heavy atom. The van der Waals surface area contributed by atoms with Crippen molar-refractivity contribution in [2.45, 2.75) is 81.6 Å². The van der Waals surface area contributed by atoms with E-state index in [4.69, 9.17) is 4.98 Å². The number of rotatable bonds is 9. The first-order valence-electron chi connectivity index (χ1n) is 13.4. The van der Waals surface area contributed by atoms with Gasteiger partial charge < -0.3 is 15.5 Å². The lowest BCUT2D eigenvalue weighted by Crippen LogP contribution is -2.56. The number of carbonyl (C=O) groups excluding carboxylic acids is 3. The summed E-state index contributed by atoms with van der Waals surface area (Å²) in [5.41, 5.74) is 1.69. The number of aromatic nitrogens is 1. The number of hydrogen-bond acceptors (Lipinski definition) is 6. The number of amides is 3. The number of anilines is 1. The highest BCUT2D eigenvalue weighted by Crippen LogP contribution is 2.37. The number of hydrogen-bond donors (Lipinski definition) is 2. The summed E-state index contributed by atoms with van der Waals surface area (Å²) in [6, 6.07) is 8.70. The number of nitrogens with one attached hydrogen (secondary N) is 2. The van der Waals surface area contributed by atoms with Crippen LogP contribution in [0.15, 0.2) is 34.7 Å². The van der Waals surface area contributed by atoms with E-state index in [0.29, 0.717) is 18.0 Å². The number of thioether (sulfide) groups is 1. The van der Waals surface area contributed by atoms with E-state index in [1.54, 1.807) is 16.7 Å². The number of nitrogens with zero attached hydrogens (tertiary/aromatic N) is 2. The minimum Gasteiger partial charge on any atom is -0.344 e. The zero-order valence-corrected chi connectivity index (χ0v) is 23.6. The van der Waals surface area contributed by atoms with Gasteiger partial charge in [-0.2, -0.15) is 0 Å². The summed E-state index contributed by atoms with van der Waals surface area (Å²) in [5.74, 6) is -0.402. The molecule has 1 saturated carbocycles. The standard InChI is InChI=1S/C28H38N4O3S2/c1-4-18(2)24(33)29-23(20-14-9-6-10-15-20)27(35)32-17-11-16-21(32)25(34)31-26-22(30-28(36-3)37-26)19-12-7-5-8-13-19/h5,7-8,12-13,18,20-21,23H,4,6,9-11,14-17H2,1-3H3,(H,29,33)(H,31,34)/t18-,21+,23+/m1/s1. The van der Waals surface area contributed by atoms with Crippen LogP contribution in [0.4, 0.5) is 5.00 Å². The van der Waals surface area contributed by atoms with Gasteiger partial charge in [-0.15, -0.1) is 0 Å². The van der Waals surface area contributed by atoms with E-state index >= 15 is 0 Å². The maximum absolute atomic E-state index is 13.9. The van der Waals surface area contributed by atoms with Crippen LogP contribution in [-0.2, 0) is 14.4 Å². The van der Waals surface area contributed by atoms with Crippen molar-refractivity contribution in [3.8, 4) is 11.3 Å². The highest BCUT2D eigenvalue weighted by atomic mass is 32.2. The van der Waals surface area contributed by atoms with Crippen LogP contribution in [0, 0.1) is 11.8 Å². The molecule has 1 saturated heterocycles. The summed E-state index contributed by atoms with van der Waals surface area (Å²) in [5, 5.41) is 6.89. The lowest BCUT2D eigenvalue weighted by atomic mass is 9.83. The average molecular weight is 543 g/mol. The number of carbonyl (C=O) groups is 3. The molecule has 2 fully saturated rings. The van der Waals surface area contributed by atoms with Crippen LogP contribution < -0.4 is 10.6 Å². The van der Waals surface area contributed by atoms with Crippen LogP contribution in [0.1, 0.15) is 65.2 Å². The molecule has 2 heterocycles. The SMILES string of the molecule is CC[C@@H](C)C(=O)N[C@H](C(=O)N1CCC[C@H]1C(=O)Nc1sc(SC)nc1-c1ccccc1)C1CCCCC1. The third-order valence-electron chi connectivity index (χ3n) is 7.65. The Balaban J connectivity index is 1.53. The second-order valence-corrected chi connectivity index (χ2v) is 12.2. The molecule has 9 heteroatoms. The predicted octanol–water partition coefficient (Wildman–Crippen LogP) is 5.57. The molecule has 0 spiro atoms. The number of thiazole rings is 1. The normalized spacial score (nSPS) is 19.9. The molecule has 3 amide bonds. The summed E-state index contributed by atoms with van der Waals surface area (Å²) in [6.45, 7) is 4.41. The molecule has 2 aliphatic rings. The van der Waals surface area contributed by atoms with Crippen LogP contribution in [0.2, 0.25) is 0 Å². The highest BCUT2D eigenvalue weighted by Gasteiger charge is 2.41. The molecule has 37 heavy (non-hydrogen) atoms. The zero-order chi connectivity index (χ0) is 26.4. The van der Waals surface area contributed by atoms with Crippen molar-refractivity contribution in [1.29, 1.82) is 0 Å². The minimum atomic E-state index is -0.568. The molecule has 0 unspecified atom stereocenters. The van der Waals surface area contributed by atoms with Gasteiger partial charge in [0.2, 0.25) is 17.7 Å². The van der Waals surface area contributed by atoms with Gasteiger partial charge in [-0.3, -0.25) is 14.4 Å². The molecule has 7 nitrogen and oxygen atoms in total. The smallest absolute Gasteiger partial charge is 0.247 e. The van der Waals surface area contributed by atoms with Crippen molar-refractivity contribution in [3.05, 3.63) is 30.3 Å². The van der Waals surface area contributed by atoms with Crippen LogP contribution in [0.25, 0.3) is 11.3 Å². The first-order valence-corrected chi connectivity index (χ1v) is 15.5. The minimum absolute atomic E-state index is 0.0756. The maximum atomic E-state index is 13.9. The maximum Gasteiger partial charge on any atom is 0.247 e. The van der Waals surface area contributed by atoms with Crippen LogP contribution >= 0.6 is 23.1 Å². The Labute approximate surface area is 228 Å². The molecule has 0 radical (unpaired) electrons. The van der Waals surface area contributed by atoms with Crippen molar-refractivity contribution >= 4 is 45.8 Å². The first kappa shape index (κ1) is 27.6. The summed E-state index contributed by atoms with van der Waals surface area (Å²) in [7, 11) is 0. The van der Waals surface area contributed by atoms with Gasteiger partial charge in [-0.25, -0.2) is 4.98 Å². The first-order chi connectivity index (χ1) is 17.9. The molecule has 4 rings (SSSR count). The Morgan fingerprint density at radius 2 is 1.84 bits per heavy atom. The summed E-state index contributed by atoms with van der Waals surface area (Å²) in [6.07, 6.45) is 9.25. The van der Waals surface area contributed by atoms with Crippen molar-refractivity contribution < 1.29 is 14.4 Å². The largest absolute Gasteiger partial charge is 0.344 e. The molecule has 1 aromatic heterocycles. The van der Waals surface area contributed by atoms with Gasteiger partial charge in [0.15, 0.2) is 4.34 Å². The van der Waals surface area contributed by atoms with E-state index in [-0.39, 0.29) is 29.6 Å². The van der Waals surface area contributed by atoms with Gasteiger partial charge in [0.25, 0.3) is 0 Å². The van der Waals surface area contributed by atoms with E-state index in [0.717, 1.165) is 54.1 Å². The quantitative estimate of drug-likeness (QED) is 0.404. The second-order valence-electron chi connectivity index (χ2n) is 10.1. The fourth-order valence-electron chi connectivity index (χ4n) is 5.27. The van der Waals surface area contributed by atoms with Crippen molar-refractivity contribution in [2.75, 3.05) is 18.1 Å². The number of benzene rings is 1. The Kier molecular flexibility index (Phi) is 9.65. The van der Waals surface area contributed by atoms with Gasteiger partial charge >= 0.3 is 0 Å². The van der Waals surface area contributed by atoms with Crippen LogP contribution in [0.5, 0.6) is 0 Å². The van der Waals surface area contributed by atoms with Gasteiger partial charge in [0.05, 0.1) is 0 Å². The fourth-order valence-corrected chi connectivity index (χ4v) is 6.76. The fraction of sp³-hybridized carbons (Fsp3) is 0.571. The predicted molar refractivity (Wildman–Crippen MR) is 151 cm³/mol. The molecular weight excluding hydrogens is 504 g/mol. The molecule has 200 valence electrons. The van der Waals surface area contributed by atoms with E-state index in [1.165, 1.54) is 17.8 Å². The van der Waals surface area contributed by atoms with Gasteiger partial charge in [0.1, 0.15) is 22.8 Å². The summed E-state index contributed by atoms with van der Waals surface area (Å²) >= 11 is 3.00. The zero-order valence-electron chi connectivity index (χ0n) is 22.0. The van der Waals surface area contributed by atoms with Crippen LogP contribution in [-0.4, -0.2) is 52.5 Å². The topological polar surface area (TPSA) is 91.4 Å². The lowest BCUT2D eigenvalue weighted by Gasteiger charge is -2.35. The van der Waals surface area contributed by atoms with E-state index in [9.17, 15) is 14.4 Å². The third-order valence-corrected chi connectivity index (χ3v) is 9.61. The molecule has 1 aliphatic heterocycles. The molecule has 3 atom stereocenters. The van der Waals surface area contributed by atoms with Gasteiger partial charge in [0, 0.05) is 18.0 Å². The van der Waals surface area contributed by atoms with Crippen molar-refractivity contribution in [1.82, 2.24) is 15.2 Å². The average Bonchev–Trinajstić information content (AvgIpc) is 3.59. The van der Waals surface area contributed by atoms with Gasteiger partial charge in [-0.1, -0.05) is 86.5 Å². The highest BCUT2D eigenvalue weighted by molar-refractivity contribution is 8.00. The molecule has 1 aliphatic carbocycles. The molecule has 1 aromatic carbocycles. The van der Waals surface area contributed by atoms with Gasteiger partial charge in [-0.05, 0) is 44.3 Å². The van der Waals surface area contributed by atoms with Crippen molar-refractivity contribution in [3.63, 3.8) is 0 Å². The summed E-state index contributed by atoms with van der Waals surface area (Å²) in [4.78, 5) is 46.7. The lowest BCUT2D eigenvalue weighted by molar-refractivity contribution is -0.142. The third kappa shape index (κ3) is 6.55.